The Labute approximate surface area is 169 Å². The molecule has 2 N–H and O–H groups in total. The van der Waals surface area contributed by atoms with E-state index < -0.39 is 0 Å². The van der Waals surface area contributed by atoms with Gasteiger partial charge in [-0.1, -0.05) is 0 Å². The predicted octanol–water partition coefficient (Wildman–Crippen LogP) is 1.84. The molecule has 29 heavy (non-hydrogen) atoms. The number of ether oxygens (including phenoxy) is 2. The molecule has 0 aliphatic carbocycles. The first-order valence-corrected chi connectivity index (χ1v) is 9.97. The summed E-state index contributed by atoms with van der Waals surface area (Å²) >= 11 is 0. The fourth-order valence-corrected chi connectivity index (χ4v) is 3.68. The number of aryl methyl sites for hydroxylation is 1. The number of hydrogen-bond donors (Lipinski definition) is 2. The second kappa shape index (κ2) is 8.24. The lowest BCUT2D eigenvalue weighted by Gasteiger charge is -2.33. The SMILES string of the molecule is Cc1cc2c(nc1N1CCC(Oc3ccc(O[C@H](C)CO)nc3)CC1)CNC2=O. The maximum atomic E-state index is 11.8. The fraction of sp³-hybridized carbons (Fsp3) is 0.476. The van der Waals surface area contributed by atoms with Crippen LogP contribution in [0, 0.1) is 6.92 Å². The Bertz CT molecular complexity index is 879. The molecule has 8 heteroatoms. The number of fused-ring (bicyclic) bond motifs is 1. The standard InChI is InChI=1S/C21H26N4O4/c1-13-9-17-18(11-23-21(17)27)24-20(13)25-7-5-15(6-8-25)29-16-3-4-19(22-10-16)28-14(2)12-26/h3-4,9-10,14-15,26H,5-8,11-12H2,1-2H3,(H,23,27)/t14-/m1/s1. The van der Waals surface area contributed by atoms with E-state index in [4.69, 9.17) is 19.6 Å². The number of nitrogens with one attached hydrogen (secondary N) is 1. The zero-order valence-corrected chi connectivity index (χ0v) is 16.7. The number of carbonyl (C=O) groups excluding carboxylic acids is 1. The summed E-state index contributed by atoms with van der Waals surface area (Å²) in [6.07, 6.45) is 3.25. The van der Waals surface area contributed by atoms with E-state index >= 15 is 0 Å². The first-order chi connectivity index (χ1) is 14.0. The summed E-state index contributed by atoms with van der Waals surface area (Å²) in [5.41, 5.74) is 2.55. The van der Waals surface area contributed by atoms with Crippen LogP contribution in [0.25, 0.3) is 0 Å². The third kappa shape index (κ3) is 4.27. The van der Waals surface area contributed by atoms with Gasteiger partial charge >= 0.3 is 0 Å². The zero-order valence-electron chi connectivity index (χ0n) is 16.7. The van der Waals surface area contributed by atoms with Gasteiger partial charge in [0.15, 0.2) is 0 Å². The molecule has 1 atom stereocenters. The fourth-order valence-electron chi connectivity index (χ4n) is 3.68. The molecule has 2 aromatic rings. The van der Waals surface area contributed by atoms with Gasteiger partial charge in [0.25, 0.3) is 5.91 Å². The molecule has 0 spiro atoms. The van der Waals surface area contributed by atoms with Crippen molar-refractivity contribution in [3.8, 4) is 11.6 Å². The van der Waals surface area contributed by atoms with E-state index in [-0.39, 0.29) is 24.7 Å². The van der Waals surface area contributed by atoms with E-state index in [1.807, 2.05) is 19.1 Å². The molecule has 2 aliphatic heterocycles. The zero-order chi connectivity index (χ0) is 20.4. The van der Waals surface area contributed by atoms with Crippen LogP contribution >= 0.6 is 0 Å². The van der Waals surface area contributed by atoms with Crippen LogP contribution in [0.15, 0.2) is 24.4 Å². The van der Waals surface area contributed by atoms with Crippen molar-refractivity contribution in [1.82, 2.24) is 15.3 Å². The number of piperidine rings is 1. The van der Waals surface area contributed by atoms with Gasteiger partial charge in [0.05, 0.1) is 30.6 Å². The lowest BCUT2D eigenvalue weighted by Crippen LogP contribution is -2.39. The number of carbonyl (C=O) groups is 1. The van der Waals surface area contributed by atoms with Gasteiger partial charge in [-0.05, 0) is 31.5 Å². The van der Waals surface area contributed by atoms with E-state index in [0.717, 1.165) is 43.0 Å². The molecule has 0 aromatic carbocycles. The monoisotopic (exact) mass is 398 g/mol. The third-order valence-electron chi connectivity index (χ3n) is 5.26. The number of hydrogen-bond acceptors (Lipinski definition) is 7. The van der Waals surface area contributed by atoms with Crippen molar-refractivity contribution in [3.63, 3.8) is 0 Å². The number of aliphatic hydroxyl groups excluding tert-OH is 1. The topological polar surface area (TPSA) is 96.8 Å². The maximum absolute atomic E-state index is 11.8. The van der Waals surface area contributed by atoms with Gasteiger partial charge in [-0.3, -0.25) is 4.79 Å². The summed E-state index contributed by atoms with van der Waals surface area (Å²) < 4.78 is 11.5. The largest absolute Gasteiger partial charge is 0.489 e. The molecule has 4 rings (SSSR count). The van der Waals surface area contributed by atoms with E-state index in [1.165, 1.54) is 0 Å². The molecule has 2 aromatic heterocycles. The number of aromatic nitrogens is 2. The first-order valence-electron chi connectivity index (χ1n) is 9.97. The summed E-state index contributed by atoms with van der Waals surface area (Å²) in [5, 5.41) is 11.9. The van der Waals surface area contributed by atoms with Crippen LogP contribution in [0.4, 0.5) is 5.82 Å². The Morgan fingerprint density at radius 3 is 2.83 bits per heavy atom. The molecule has 0 unspecified atom stereocenters. The van der Waals surface area contributed by atoms with E-state index in [0.29, 0.717) is 23.7 Å². The van der Waals surface area contributed by atoms with Crippen molar-refractivity contribution in [1.29, 1.82) is 0 Å². The highest BCUT2D eigenvalue weighted by molar-refractivity contribution is 5.98. The van der Waals surface area contributed by atoms with Gasteiger partial charge in [-0.25, -0.2) is 9.97 Å². The van der Waals surface area contributed by atoms with Crippen LogP contribution in [-0.4, -0.2) is 52.9 Å². The lowest BCUT2D eigenvalue weighted by molar-refractivity contribution is 0.0965. The van der Waals surface area contributed by atoms with Gasteiger partial charge in [0, 0.05) is 32.0 Å². The molecule has 2 aliphatic rings. The molecule has 0 radical (unpaired) electrons. The van der Waals surface area contributed by atoms with Crippen LogP contribution < -0.4 is 19.7 Å². The number of amides is 1. The second-order valence-electron chi connectivity index (χ2n) is 7.55. The van der Waals surface area contributed by atoms with Crippen LogP contribution in [0.5, 0.6) is 11.6 Å². The number of rotatable bonds is 6. The van der Waals surface area contributed by atoms with Crippen LogP contribution in [-0.2, 0) is 6.54 Å². The summed E-state index contributed by atoms with van der Waals surface area (Å²) in [7, 11) is 0. The Balaban J connectivity index is 1.34. The average Bonchev–Trinajstić information content (AvgIpc) is 3.09. The molecule has 0 bridgehead atoms. The minimum atomic E-state index is -0.288. The number of pyridine rings is 2. The minimum Gasteiger partial charge on any atom is -0.489 e. The lowest BCUT2D eigenvalue weighted by atomic mass is 10.1. The summed E-state index contributed by atoms with van der Waals surface area (Å²) in [6.45, 7) is 5.94. The highest BCUT2D eigenvalue weighted by atomic mass is 16.5. The molecular formula is C21H26N4O4. The number of nitrogens with zero attached hydrogens (tertiary/aromatic N) is 3. The van der Waals surface area contributed by atoms with Crippen molar-refractivity contribution in [2.75, 3.05) is 24.6 Å². The van der Waals surface area contributed by atoms with Crippen LogP contribution in [0.2, 0.25) is 0 Å². The highest BCUT2D eigenvalue weighted by Gasteiger charge is 2.26. The van der Waals surface area contributed by atoms with Gasteiger partial charge in [-0.2, -0.15) is 0 Å². The van der Waals surface area contributed by atoms with Crippen molar-refractivity contribution in [2.45, 2.75) is 45.4 Å². The van der Waals surface area contributed by atoms with E-state index in [9.17, 15) is 4.79 Å². The smallest absolute Gasteiger partial charge is 0.253 e. The van der Waals surface area contributed by atoms with Crippen LogP contribution in [0.1, 0.15) is 41.4 Å². The maximum Gasteiger partial charge on any atom is 0.253 e. The first kappa shape index (κ1) is 19.4. The Morgan fingerprint density at radius 2 is 2.14 bits per heavy atom. The molecule has 1 fully saturated rings. The number of aliphatic hydroxyl groups is 1. The molecule has 154 valence electrons. The van der Waals surface area contributed by atoms with Gasteiger partial charge in [0.2, 0.25) is 5.88 Å². The summed E-state index contributed by atoms with van der Waals surface area (Å²) in [5.74, 6) is 2.11. The normalized spacial score (nSPS) is 17.6. The highest BCUT2D eigenvalue weighted by Crippen LogP contribution is 2.27. The minimum absolute atomic E-state index is 0.0369. The van der Waals surface area contributed by atoms with Gasteiger partial charge in [0.1, 0.15) is 23.8 Å². The van der Waals surface area contributed by atoms with E-state index in [1.54, 1.807) is 19.2 Å². The molecule has 1 amide bonds. The van der Waals surface area contributed by atoms with Crippen LogP contribution in [0.3, 0.4) is 0 Å². The predicted molar refractivity (Wildman–Crippen MR) is 107 cm³/mol. The molecule has 4 heterocycles. The summed E-state index contributed by atoms with van der Waals surface area (Å²) in [4.78, 5) is 23.0. The Kier molecular flexibility index (Phi) is 5.53. The van der Waals surface area contributed by atoms with Gasteiger partial charge < -0.3 is 24.8 Å². The van der Waals surface area contributed by atoms with E-state index in [2.05, 4.69) is 15.2 Å². The van der Waals surface area contributed by atoms with Crippen molar-refractivity contribution >= 4 is 11.7 Å². The van der Waals surface area contributed by atoms with Crippen molar-refractivity contribution in [2.24, 2.45) is 0 Å². The van der Waals surface area contributed by atoms with Crippen molar-refractivity contribution < 1.29 is 19.4 Å². The van der Waals surface area contributed by atoms with Gasteiger partial charge in [-0.15, -0.1) is 0 Å². The van der Waals surface area contributed by atoms with Crippen molar-refractivity contribution in [3.05, 3.63) is 41.2 Å². The molecule has 1 saturated heterocycles. The second-order valence-corrected chi connectivity index (χ2v) is 7.55. The molecule has 0 saturated carbocycles. The average molecular weight is 398 g/mol. The molecular weight excluding hydrogens is 372 g/mol. The summed E-state index contributed by atoms with van der Waals surface area (Å²) in [6, 6.07) is 5.54. The Hall–Kier alpha value is -2.87. The molecule has 8 nitrogen and oxygen atoms in total. The third-order valence-corrected chi connectivity index (χ3v) is 5.26. The quantitative estimate of drug-likeness (QED) is 0.766. The Morgan fingerprint density at radius 1 is 1.34 bits per heavy atom. The number of anilines is 1.